The molecule has 0 unspecified atom stereocenters. The lowest BCUT2D eigenvalue weighted by Gasteiger charge is -2.36. The average Bonchev–Trinajstić information content (AvgIpc) is 2.27. The first kappa shape index (κ1) is 8.54. The highest BCUT2D eigenvalue weighted by atomic mass is 79.9. The van der Waals surface area contributed by atoms with Crippen LogP contribution in [0.5, 0.6) is 0 Å². The van der Waals surface area contributed by atoms with Crippen molar-refractivity contribution in [2.24, 2.45) is 0 Å². The van der Waals surface area contributed by atoms with Gasteiger partial charge in [-0.05, 0) is 44.1 Å². The zero-order valence-corrected chi connectivity index (χ0v) is 11.3. The number of piperazine rings is 1. The van der Waals surface area contributed by atoms with E-state index in [0.29, 0.717) is 13.1 Å². The van der Waals surface area contributed by atoms with Crippen LogP contribution in [0.25, 0.3) is 0 Å². The Morgan fingerprint density at radius 3 is 2.19 bits per heavy atom. The average molecular weight is 286 g/mol. The zero-order chi connectivity index (χ0) is 14.2. The van der Waals surface area contributed by atoms with Crippen LogP contribution in [-0.4, -0.2) is 38.1 Å². The number of nitrogens with zero attached hydrogens (tertiary/aromatic N) is 2. The van der Waals surface area contributed by atoms with Crippen LogP contribution in [0, 0.1) is 13.8 Å². The van der Waals surface area contributed by atoms with Gasteiger partial charge in [0.05, 0.1) is 0 Å². The number of benzene rings is 1. The second-order valence-electron chi connectivity index (χ2n) is 4.36. The van der Waals surface area contributed by atoms with E-state index in [1.54, 1.807) is 4.90 Å². The summed E-state index contributed by atoms with van der Waals surface area (Å²) in [4.78, 5) is 3.87. The van der Waals surface area contributed by atoms with Crippen molar-refractivity contribution in [3.05, 3.63) is 27.7 Å². The fourth-order valence-electron chi connectivity index (χ4n) is 2.33. The maximum Gasteiger partial charge on any atom is 0.0427 e. The summed E-state index contributed by atoms with van der Waals surface area (Å²) in [5, 5.41) is 0. The van der Waals surface area contributed by atoms with E-state index in [0.717, 1.165) is 17.6 Å². The molecule has 0 aromatic heterocycles. The van der Waals surface area contributed by atoms with Gasteiger partial charge in [0.15, 0.2) is 0 Å². The topological polar surface area (TPSA) is 6.48 Å². The third-order valence-corrected chi connectivity index (χ3v) is 3.51. The van der Waals surface area contributed by atoms with Crippen molar-refractivity contribution in [3.8, 4) is 0 Å². The standard InChI is InChI=1S/C13H19BrN2/c1-10-8-12(14)9-11(2)13(10)16-6-4-15(3)5-7-16/h8-9H,4-7H2,1-3H3/i3D3. The van der Waals surface area contributed by atoms with E-state index in [2.05, 4.69) is 46.8 Å². The summed E-state index contributed by atoms with van der Waals surface area (Å²) in [5.74, 6) is 0. The van der Waals surface area contributed by atoms with Crippen LogP contribution >= 0.6 is 15.9 Å². The van der Waals surface area contributed by atoms with E-state index < -0.39 is 6.98 Å². The first-order valence-electron chi connectivity index (χ1n) is 7.06. The van der Waals surface area contributed by atoms with Crippen molar-refractivity contribution in [3.63, 3.8) is 0 Å². The summed E-state index contributed by atoms with van der Waals surface area (Å²) in [6.07, 6.45) is 0. The summed E-state index contributed by atoms with van der Waals surface area (Å²) < 4.78 is 23.4. The Morgan fingerprint density at radius 2 is 1.69 bits per heavy atom. The van der Waals surface area contributed by atoms with Gasteiger partial charge < -0.3 is 9.80 Å². The van der Waals surface area contributed by atoms with Crippen LogP contribution < -0.4 is 4.90 Å². The Morgan fingerprint density at radius 1 is 1.12 bits per heavy atom. The maximum absolute atomic E-state index is 7.44. The second kappa shape index (κ2) is 4.76. The number of hydrogen-bond acceptors (Lipinski definition) is 2. The molecule has 0 N–H and O–H groups in total. The molecule has 0 saturated carbocycles. The highest BCUT2D eigenvalue weighted by Crippen LogP contribution is 2.29. The lowest BCUT2D eigenvalue weighted by Crippen LogP contribution is -2.45. The summed E-state index contributed by atoms with van der Waals surface area (Å²) in [6.45, 7) is 4.95. The van der Waals surface area contributed by atoms with Gasteiger partial charge in [-0.15, -0.1) is 0 Å². The molecule has 0 bridgehead atoms. The third-order valence-electron chi connectivity index (χ3n) is 3.05. The molecular formula is C13H19BrN2. The summed E-state index contributed by atoms with van der Waals surface area (Å²) in [6, 6.07) is 4.22. The molecule has 0 atom stereocenters. The molecule has 1 aromatic carbocycles. The molecule has 2 rings (SSSR count). The Hall–Kier alpha value is -0.540. The normalized spacial score (nSPS) is 21.4. The fourth-order valence-corrected chi connectivity index (χ4v) is 3.02. The second-order valence-corrected chi connectivity index (χ2v) is 5.28. The predicted molar refractivity (Wildman–Crippen MR) is 73.3 cm³/mol. The highest BCUT2D eigenvalue weighted by Gasteiger charge is 2.17. The number of hydrogen-bond donors (Lipinski definition) is 0. The molecule has 2 nitrogen and oxygen atoms in total. The van der Waals surface area contributed by atoms with Crippen molar-refractivity contribution >= 4 is 21.6 Å². The van der Waals surface area contributed by atoms with E-state index in [9.17, 15) is 0 Å². The van der Waals surface area contributed by atoms with Gasteiger partial charge in [0.1, 0.15) is 0 Å². The van der Waals surface area contributed by atoms with Crippen LogP contribution in [0.1, 0.15) is 15.2 Å². The van der Waals surface area contributed by atoms with Crippen molar-refractivity contribution in [2.45, 2.75) is 13.8 Å². The number of anilines is 1. The molecule has 88 valence electrons. The molecule has 0 aliphatic carbocycles. The molecular weight excluding hydrogens is 264 g/mol. The van der Waals surface area contributed by atoms with E-state index >= 15 is 0 Å². The number of likely N-dealkylation sites (N-methyl/N-ethyl adjacent to an activating group) is 1. The van der Waals surface area contributed by atoms with Gasteiger partial charge in [-0.3, -0.25) is 0 Å². The molecule has 1 saturated heterocycles. The molecule has 1 fully saturated rings. The largest absolute Gasteiger partial charge is 0.369 e. The Labute approximate surface area is 111 Å². The molecule has 0 spiro atoms. The van der Waals surface area contributed by atoms with Gasteiger partial charge in [-0.1, -0.05) is 15.9 Å². The molecule has 0 amide bonds. The molecule has 1 heterocycles. The van der Waals surface area contributed by atoms with Gasteiger partial charge in [-0.2, -0.15) is 0 Å². The summed E-state index contributed by atoms with van der Waals surface area (Å²) in [5.41, 5.74) is 3.71. The minimum absolute atomic E-state index is 0.589. The Kier molecular flexibility index (Phi) is 2.54. The predicted octanol–water partition coefficient (Wildman–Crippen LogP) is 2.82. The van der Waals surface area contributed by atoms with Gasteiger partial charge in [0.2, 0.25) is 0 Å². The van der Waals surface area contributed by atoms with Crippen LogP contribution in [0.4, 0.5) is 5.69 Å². The Bertz CT molecular complexity index is 442. The van der Waals surface area contributed by atoms with Crippen molar-refractivity contribution in [2.75, 3.05) is 38.1 Å². The highest BCUT2D eigenvalue weighted by molar-refractivity contribution is 9.10. The molecule has 16 heavy (non-hydrogen) atoms. The van der Waals surface area contributed by atoms with Crippen LogP contribution in [-0.2, 0) is 0 Å². The molecule has 1 aliphatic heterocycles. The lowest BCUT2D eigenvalue weighted by molar-refractivity contribution is 0.312. The lowest BCUT2D eigenvalue weighted by atomic mass is 10.1. The van der Waals surface area contributed by atoms with Crippen molar-refractivity contribution in [1.29, 1.82) is 0 Å². The number of rotatable bonds is 1. The quantitative estimate of drug-likeness (QED) is 0.783. The Balaban J connectivity index is 2.14. The molecule has 0 radical (unpaired) electrons. The fraction of sp³-hybridized carbons (Fsp3) is 0.538. The van der Waals surface area contributed by atoms with Gasteiger partial charge in [0, 0.05) is 40.5 Å². The summed E-state index contributed by atoms with van der Waals surface area (Å²) >= 11 is 3.51. The van der Waals surface area contributed by atoms with Gasteiger partial charge in [0.25, 0.3) is 0 Å². The minimum atomic E-state index is -1.96. The van der Waals surface area contributed by atoms with E-state index in [-0.39, 0.29) is 0 Å². The van der Waals surface area contributed by atoms with Crippen molar-refractivity contribution in [1.82, 2.24) is 4.90 Å². The molecule has 1 aromatic rings. The van der Waals surface area contributed by atoms with E-state index in [1.165, 1.54) is 16.8 Å². The molecule has 3 heteroatoms. The maximum atomic E-state index is 7.44. The first-order valence-corrected chi connectivity index (χ1v) is 6.35. The molecule has 1 aliphatic rings. The first-order chi connectivity index (χ1) is 8.79. The van der Waals surface area contributed by atoms with Crippen LogP contribution in [0.2, 0.25) is 0 Å². The summed E-state index contributed by atoms with van der Waals surface area (Å²) in [7, 11) is 0. The zero-order valence-electron chi connectivity index (χ0n) is 12.8. The van der Waals surface area contributed by atoms with E-state index in [1.807, 2.05) is 0 Å². The van der Waals surface area contributed by atoms with Crippen LogP contribution in [0.3, 0.4) is 0 Å². The number of aryl methyl sites for hydroxylation is 2. The smallest absolute Gasteiger partial charge is 0.0427 e. The van der Waals surface area contributed by atoms with Gasteiger partial charge >= 0.3 is 0 Å². The number of halogens is 1. The van der Waals surface area contributed by atoms with Crippen LogP contribution in [0.15, 0.2) is 16.6 Å². The monoisotopic (exact) mass is 285 g/mol. The van der Waals surface area contributed by atoms with Crippen molar-refractivity contribution < 1.29 is 4.11 Å². The SMILES string of the molecule is [2H]C([2H])([2H])N1CCN(c2c(C)cc(Br)cc2C)CC1. The van der Waals surface area contributed by atoms with E-state index in [4.69, 9.17) is 4.11 Å². The third kappa shape index (κ3) is 2.41. The minimum Gasteiger partial charge on any atom is -0.369 e. The van der Waals surface area contributed by atoms with Gasteiger partial charge in [-0.25, -0.2) is 0 Å².